The predicted octanol–water partition coefficient (Wildman–Crippen LogP) is 1.39. The standard InChI is InChI=1S/C16H21N5O/c1-9(15-18-11-4-2-3-5-12(11)19-15)17-16(22)14-8-13(20-21-14)10-6-7-10/h2-5,9-10,13-14,20-21H,6-8H2,1H3,(H,17,22)(H,18,19). The van der Waals surface area contributed by atoms with E-state index in [1.807, 2.05) is 31.2 Å². The molecule has 2 fully saturated rings. The number of fused-ring (bicyclic) bond motifs is 1. The van der Waals surface area contributed by atoms with Crippen LogP contribution >= 0.6 is 0 Å². The fourth-order valence-electron chi connectivity index (χ4n) is 3.12. The Balaban J connectivity index is 1.40. The molecule has 2 heterocycles. The number of carbonyl (C=O) groups is 1. The van der Waals surface area contributed by atoms with Crippen molar-refractivity contribution in [2.75, 3.05) is 0 Å². The Morgan fingerprint density at radius 2 is 2.14 bits per heavy atom. The van der Waals surface area contributed by atoms with Crippen LogP contribution in [0.5, 0.6) is 0 Å². The van der Waals surface area contributed by atoms with Gasteiger partial charge in [0.1, 0.15) is 11.9 Å². The highest BCUT2D eigenvalue weighted by molar-refractivity contribution is 5.82. The van der Waals surface area contributed by atoms with E-state index in [0.29, 0.717) is 6.04 Å². The lowest BCUT2D eigenvalue weighted by Gasteiger charge is -2.15. The highest BCUT2D eigenvalue weighted by atomic mass is 16.2. The Kier molecular flexibility index (Phi) is 3.35. The van der Waals surface area contributed by atoms with Crippen molar-refractivity contribution < 1.29 is 4.79 Å². The van der Waals surface area contributed by atoms with Crippen LogP contribution < -0.4 is 16.2 Å². The normalized spacial score (nSPS) is 26.2. The molecule has 0 spiro atoms. The van der Waals surface area contributed by atoms with E-state index in [-0.39, 0.29) is 18.0 Å². The van der Waals surface area contributed by atoms with Gasteiger partial charge in [0.15, 0.2) is 0 Å². The molecule has 4 rings (SSSR count). The van der Waals surface area contributed by atoms with Crippen molar-refractivity contribution in [3.8, 4) is 0 Å². The van der Waals surface area contributed by atoms with Crippen molar-refractivity contribution in [3.05, 3.63) is 30.1 Å². The van der Waals surface area contributed by atoms with Gasteiger partial charge in [0.05, 0.1) is 17.1 Å². The van der Waals surface area contributed by atoms with E-state index in [1.165, 1.54) is 12.8 Å². The number of hydrazine groups is 1. The van der Waals surface area contributed by atoms with Crippen LogP contribution in [0.1, 0.15) is 38.1 Å². The number of nitrogens with one attached hydrogen (secondary N) is 4. The van der Waals surface area contributed by atoms with Crippen LogP contribution in [0.4, 0.5) is 0 Å². The third kappa shape index (κ3) is 2.60. The van der Waals surface area contributed by atoms with Crippen molar-refractivity contribution in [2.45, 2.75) is 44.3 Å². The molecule has 2 aromatic rings. The van der Waals surface area contributed by atoms with E-state index in [9.17, 15) is 4.79 Å². The van der Waals surface area contributed by atoms with Gasteiger partial charge in [-0.25, -0.2) is 10.4 Å². The average molecular weight is 299 g/mol. The second-order valence-electron chi connectivity index (χ2n) is 6.39. The Morgan fingerprint density at radius 3 is 2.91 bits per heavy atom. The van der Waals surface area contributed by atoms with E-state index in [0.717, 1.165) is 29.2 Å². The first-order valence-corrected chi connectivity index (χ1v) is 7.97. The third-order valence-electron chi connectivity index (χ3n) is 4.62. The molecule has 1 saturated heterocycles. The Hall–Kier alpha value is -1.92. The zero-order chi connectivity index (χ0) is 15.1. The van der Waals surface area contributed by atoms with Crippen molar-refractivity contribution in [2.24, 2.45) is 5.92 Å². The largest absolute Gasteiger partial charge is 0.345 e. The van der Waals surface area contributed by atoms with Crippen molar-refractivity contribution in [1.29, 1.82) is 0 Å². The van der Waals surface area contributed by atoms with Gasteiger partial charge in [0.25, 0.3) is 0 Å². The summed E-state index contributed by atoms with van der Waals surface area (Å²) >= 11 is 0. The maximum Gasteiger partial charge on any atom is 0.239 e. The molecule has 6 nitrogen and oxygen atoms in total. The second kappa shape index (κ2) is 5.37. The molecule has 1 aliphatic heterocycles. The van der Waals surface area contributed by atoms with Crippen molar-refractivity contribution in [1.82, 2.24) is 26.1 Å². The molecule has 1 aliphatic carbocycles. The molecule has 4 N–H and O–H groups in total. The van der Waals surface area contributed by atoms with Gasteiger partial charge in [-0.1, -0.05) is 12.1 Å². The van der Waals surface area contributed by atoms with Gasteiger partial charge in [0.2, 0.25) is 5.91 Å². The van der Waals surface area contributed by atoms with Crippen LogP contribution in [0.25, 0.3) is 11.0 Å². The monoisotopic (exact) mass is 299 g/mol. The number of imidazole rings is 1. The van der Waals surface area contributed by atoms with Crippen LogP contribution in [0, 0.1) is 5.92 Å². The minimum atomic E-state index is -0.155. The summed E-state index contributed by atoms with van der Waals surface area (Å²) in [5.41, 5.74) is 8.29. The molecule has 3 unspecified atom stereocenters. The molecule has 116 valence electrons. The summed E-state index contributed by atoms with van der Waals surface area (Å²) < 4.78 is 0. The maximum atomic E-state index is 12.4. The molecule has 6 heteroatoms. The number of rotatable bonds is 4. The molecular weight excluding hydrogens is 278 g/mol. The molecule has 2 aliphatic rings. The lowest BCUT2D eigenvalue weighted by atomic mass is 10.1. The molecular formula is C16H21N5O. The van der Waals surface area contributed by atoms with Crippen LogP contribution in [0.2, 0.25) is 0 Å². The van der Waals surface area contributed by atoms with E-state index < -0.39 is 0 Å². The molecule has 1 aromatic carbocycles. The fourth-order valence-corrected chi connectivity index (χ4v) is 3.12. The number of hydrogen-bond acceptors (Lipinski definition) is 4. The van der Waals surface area contributed by atoms with Gasteiger partial charge in [0, 0.05) is 6.04 Å². The van der Waals surface area contributed by atoms with Gasteiger partial charge in [-0.3, -0.25) is 10.2 Å². The molecule has 0 radical (unpaired) electrons. The summed E-state index contributed by atoms with van der Waals surface area (Å²) in [6, 6.07) is 8.04. The van der Waals surface area contributed by atoms with Crippen LogP contribution in [-0.4, -0.2) is 28.0 Å². The molecule has 1 amide bonds. The highest BCUT2D eigenvalue weighted by Crippen LogP contribution is 2.35. The lowest BCUT2D eigenvalue weighted by Crippen LogP contribution is -2.44. The molecule has 1 aromatic heterocycles. The van der Waals surface area contributed by atoms with E-state index in [4.69, 9.17) is 0 Å². The Morgan fingerprint density at radius 1 is 1.32 bits per heavy atom. The quantitative estimate of drug-likeness (QED) is 0.687. The number of carbonyl (C=O) groups excluding carboxylic acids is 1. The first-order valence-electron chi connectivity index (χ1n) is 7.97. The predicted molar refractivity (Wildman–Crippen MR) is 83.8 cm³/mol. The number of amides is 1. The van der Waals surface area contributed by atoms with Gasteiger partial charge in [-0.05, 0) is 44.2 Å². The van der Waals surface area contributed by atoms with Crippen LogP contribution in [0.3, 0.4) is 0 Å². The minimum Gasteiger partial charge on any atom is -0.345 e. The maximum absolute atomic E-state index is 12.4. The van der Waals surface area contributed by atoms with Gasteiger partial charge >= 0.3 is 0 Å². The Bertz CT molecular complexity index is 660. The van der Waals surface area contributed by atoms with Gasteiger partial charge in [-0.15, -0.1) is 0 Å². The summed E-state index contributed by atoms with van der Waals surface area (Å²) in [6.07, 6.45) is 3.43. The average Bonchev–Trinajstić information content (AvgIpc) is 3.10. The van der Waals surface area contributed by atoms with Crippen molar-refractivity contribution >= 4 is 16.9 Å². The first-order chi connectivity index (χ1) is 10.7. The van der Waals surface area contributed by atoms with E-state index >= 15 is 0 Å². The number of aromatic nitrogens is 2. The number of para-hydroxylation sites is 2. The number of aromatic amines is 1. The third-order valence-corrected chi connectivity index (χ3v) is 4.62. The number of nitrogens with zero attached hydrogens (tertiary/aromatic N) is 1. The summed E-state index contributed by atoms with van der Waals surface area (Å²) in [6.45, 7) is 1.95. The van der Waals surface area contributed by atoms with Gasteiger partial charge in [-0.2, -0.15) is 0 Å². The molecule has 0 bridgehead atoms. The van der Waals surface area contributed by atoms with Crippen LogP contribution in [-0.2, 0) is 4.79 Å². The SMILES string of the molecule is CC(NC(=O)C1CC(C2CC2)NN1)c1nc2ccccc2[nH]1. The number of hydrogen-bond donors (Lipinski definition) is 4. The smallest absolute Gasteiger partial charge is 0.239 e. The molecule has 3 atom stereocenters. The molecule has 22 heavy (non-hydrogen) atoms. The van der Waals surface area contributed by atoms with E-state index in [2.05, 4.69) is 26.1 Å². The molecule has 1 saturated carbocycles. The minimum absolute atomic E-state index is 0.0311. The zero-order valence-electron chi connectivity index (χ0n) is 12.6. The van der Waals surface area contributed by atoms with E-state index in [1.54, 1.807) is 0 Å². The first kappa shape index (κ1) is 13.7. The van der Waals surface area contributed by atoms with Crippen LogP contribution in [0.15, 0.2) is 24.3 Å². The zero-order valence-corrected chi connectivity index (χ0v) is 12.6. The fraction of sp³-hybridized carbons (Fsp3) is 0.500. The number of H-pyrrole nitrogens is 1. The highest BCUT2D eigenvalue weighted by Gasteiger charge is 2.39. The van der Waals surface area contributed by atoms with Gasteiger partial charge < -0.3 is 10.3 Å². The summed E-state index contributed by atoms with van der Waals surface area (Å²) in [5.74, 6) is 1.57. The lowest BCUT2D eigenvalue weighted by molar-refractivity contribution is -0.123. The topological polar surface area (TPSA) is 81.8 Å². The summed E-state index contributed by atoms with van der Waals surface area (Å²) in [7, 11) is 0. The summed E-state index contributed by atoms with van der Waals surface area (Å²) in [5, 5.41) is 3.04. The van der Waals surface area contributed by atoms with Crippen molar-refractivity contribution in [3.63, 3.8) is 0 Å². The number of benzene rings is 1. The summed E-state index contributed by atoms with van der Waals surface area (Å²) in [4.78, 5) is 20.2. The second-order valence-corrected chi connectivity index (χ2v) is 6.39. The Labute approximate surface area is 129 Å².